The van der Waals surface area contributed by atoms with E-state index >= 15 is 0 Å². The quantitative estimate of drug-likeness (QED) is 0.361. The predicted octanol–water partition coefficient (Wildman–Crippen LogP) is 2.72. The van der Waals surface area contributed by atoms with Gasteiger partial charge in [0.05, 0.1) is 11.8 Å². The van der Waals surface area contributed by atoms with Crippen LogP contribution in [0.2, 0.25) is 0 Å². The Morgan fingerprint density at radius 2 is 1.00 bits per heavy atom. The van der Waals surface area contributed by atoms with E-state index in [-0.39, 0.29) is 11.8 Å². The van der Waals surface area contributed by atoms with Crippen molar-refractivity contribution in [2.75, 3.05) is 0 Å². The summed E-state index contributed by atoms with van der Waals surface area (Å²) in [4.78, 5) is 31.3. The first kappa shape index (κ1) is 16.9. The summed E-state index contributed by atoms with van der Waals surface area (Å²) in [5.74, 6) is -1.58. The molecule has 0 aromatic heterocycles. The van der Waals surface area contributed by atoms with Crippen LogP contribution in [-0.2, 0) is 29.4 Å². The van der Waals surface area contributed by atoms with E-state index in [9.17, 15) is 9.59 Å². The lowest BCUT2D eigenvalue weighted by molar-refractivity contribution is -0.601. The van der Waals surface area contributed by atoms with Crippen LogP contribution in [0.4, 0.5) is 0 Å². The highest BCUT2D eigenvalue weighted by Crippen LogP contribution is 2.11. The monoisotopic (exact) mass is 262 g/mol. The molecule has 0 aliphatic rings. The molecule has 0 saturated carbocycles. The van der Waals surface area contributed by atoms with Gasteiger partial charge in [0.2, 0.25) is 0 Å². The summed E-state index contributed by atoms with van der Waals surface area (Å²) in [5.41, 5.74) is 0. The van der Waals surface area contributed by atoms with Crippen molar-refractivity contribution in [2.24, 2.45) is 11.8 Å². The van der Waals surface area contributed by atoms with Crippen molar-refractivity contribution < 1.29 is 29.4 Å². The van der Waals surface area contributed by atoms with Gasteiger partial charge in [0.25, 0.3) is 0 Å². The van der Waals surface area contributed by atoms with Crippen molar-refractivity contribution in [3.8, 4) is 0 Å². The van der Waals surface area contributed by atoms with E-state index in [1.165, 1.54) is 0 Å². The van der Waals surface area contributed by atoms with Crippen LogP contribution in [0.5, 0.6) is 0 Å². The lowest BCUT2D eigenvalue weighted by atomic mass is 10.0. The molecule has 0 aromatic rings. The van der Waals surface area contributed by atoms with Gasteiger partial charge in [-0.2, -0.15) is 0 Å². The molecule has 0 aromatic carbocycles. The SMILES string of the molecule is CCC(CC)C(=O)OOOOC(=O)C(CC)CC. The van der Waals surface area contributed by atoms with Gasteiger partial charge in [0, 0.05) is 10.1 Å². The Kier molecular flexibility index (Phi) is 9.22. The molecule has 0 unspecified atom stereocenters. The van der Waals surface area contributed by atoms with Gasteiger partial charge in [-0.05, 0) is 25.7 Å². The minimum absolute atomic E-state index is 0.247. The minimum Gasteiger partial charge on any atom is -0.266 e. The van der Waals surface area contributed by atoms with E-state index in [0.29, 0.717) is 25.7 Å². The fourth-order valence-electron chi connectivity index (χ4n) is 1.47. The van der Waals surface area contributed by atoms with Gasteiger partial charge in [0.1, 0.15) is 0 Å². The maximum absolute atomic E-state index is 11.3. The molecule has 6 nitrogen and oxygen atoms in total. The van der Waals surface area contributed by atoms with Gasteiger partial charge in [-0.15, -0.1) is 0 Å². The van der Waals surface area contributed by atoms with Gasteiger partial charge in [-0.3, -0.25) is 9.78 Å². The molecule has 0 radical (unpaired) electrons. The molecule has 0 bridgehead atoms. The Labute approximate surface area is 107 Å². The second kappa shape index (κ2) is 9.85. The molecule has 0 amide bonds. The lowest BCUT2D eigenvalue weighted by Gasteiger charge is -2.10. The van der Waals surface area contributed by atoms with Gasteiger partial charge in [-0.1, -0.05) is 27.7 Å². The summed E-state index contributed by atoms with van der Waals surface area (Å²) in [6.45, 7) is 7.46. The van der Waals surface area contributed by atoms with Crippen LogP contribution < -0.4 is 0 Å². The zero-order valence-electron chi connectivity index (χ0n) is 11.4. The van der Waals surface area contributed by atoms with E-state index < -0.39 is 11.9 Å². The van der Waals surface area contributed by atoms with E-state index in [2.05, 4.69) is 19.9 Å². The topological polar surface area (TPSA) is 71.1 Å². The second-order valence-corrected chi connectivity index (χ2v) is 3.97. The Hall–Kier alpha value is -1.14. The first-order chi connectivity index (χ1) is 8.60. The fourth-order valence-corrected chi connectivity index (χ4v) is 1.47. The highest BCUT2D eigenvalue weighted by Gasteiger charge is 2.20. The molecule has 18 heavy (non-hydrogen) atoms. The highest BCUT2D eigenvalue weighted by atomic mass is 17.7. The molecule has 0 aliphatic carbocycles. The summed E-state index contributed by atoms with van der Waals surface area (Å²) < 4.78 is 0. The number of hydrogen-bond acceptors (Lipinski definition) is 6. The van der Waals surface area contributed by atoms with E-state index in [4.69, 9.17) is 0 Å². The maximum Gasteiger partial charge on any atom is 0.348 e. The molecule has 106 valence electrons. The first-order valence-electron chi connectivity index (χ1n) is 6.36. The standard InChI is InChI=1S/C12H22O6/c1-5-9(6-2)11(13)15-17-18-16-12(14)10(7-3)8-4/h9-10H,5-8H2,1-4H3. The zero-order valence-corrected chi connectivity index (χ0v) is 11.4. The average Bonchev–Trinajstić information content (AvgIpc) is 2.37. The number of carbonyl (C=O) groups excluding carboxylic acids is 2. The maximum atomic E-state index is 11.3. The van der Waals surface area contributed by atoms with Crippen LogP contribution in [-0.4, -0.2) is 11.9 Å². The van der Waals surface area contributed by atoms with Crippen LogP contribution in [0.1, 0.15) is 53.4 Å². The van der Waals surface area contributed by atoms with Gasteiger partial charge in [0.15, 0.2) is 0 Å². The van der Waals surface area contributed by atoms with Crippen LogP contribution in [0.3, 0.4) is 0 Å². The molecule has 0 fully saturated rings. The number of rotatable bonds is 9. The summed E-state index contributed by atoms with van der Waals surface area (Å²) in [6, 6.07) is 0. The van der Waals surface area contributed by atoms with E-state index in [0.717, 1.165) is 0 Å². The number of hydrogen-bond donors (Lipinski definition) is 0. The third-order valence-corrected chi connectivity index (χ3v) is 2.90. The van der Waals surface area contributed by atoms with Crippen molar-refractivity contribution >= 4 is 11.9 Å². The summed E-state index contributed by atoms with van der Waals surface area (Å²) in [7, 11) is 0. The summed E-state index contributed by atoms with van der Waals surface area (Å²) in [5, 5.41) is 8.19. The first-order valence-corrected chi connectivity index (χ1v) is 6.36. The Balaban J connectivity index is 3.79. The largest absolute Gasteiger partial charge is 0.348 e. The summed E-state index contributed by atoms with van der Waals surface area (Å²) in [6.07, 6.45) is 2.58. The molecule has 0 spiro atoms. The summed E-state index contributed by atoms with van der Waals surface area (Å²) >= 11 is 0. The average molecular weight is 262 g/mol. The van der Waals surface area contributed by atoms with Crippen molar-refractivity contribution in [2.45, 2.75) is 53.4 Å². The van der Waals surface area contributed by atoms with Crippen molar-refractivity contribution in [1.82, 2.24) is 0 Å². The Morgan fingerprint density at radius 3 is 1.22 bits per heavy atom. The Morgan fingerprint density at radius 1 is 0.722 bits per heavy atom. The van der Waals surface area contributed by atoms with Gasteiger partial charge >= 0.3 is 11.9 Å². The second-order valence-electron chi connectivity index (χ2n) is 3.97. The van der Waals surface area contributed by atoms with Crippen molar-refractivity contribution in [1.29, 1.82) is 0 Å². The molecule has 6 heteroatoms. The molecule has 0 N–H and O–H groups in total. The van der Waals surface area contributed by atoms with Crippen LogP contribution >= 0.6 is 0 Å². The Bertz CT molecular complexity index is 219. The molecule has 0 heterocycles. The van der Waals surface area contributed by atoms with Gasteiger partial charge in [-0.25, -0.2) is 9.59 Å². The van der Waals surface area contributed by atoms with Crippen LogP contribution in [0.15, 0.2) is 0 Å². The van der Waals surface area contributed by atoms with Crippen LogP contribution in [0.25, 0.3) is 0 Å². The minimum atomic E-state index is -0.543. The van der Waals surface area contributed by atoms with Crippen LogP contribution in [0, 0.1) is 11.8 Å². The lowest BCUT2D eigenvalue weighted by Crippen LogP contribution is -2.20. The zero-order chi connectivity index (χ0) is 14.0. The molecule has 0 saturated heterocycles. The molecule has 0 aliphatic heterocycles. The third-order valence-electron chi connectivity index (χ3n) is 2.90. The fraction of sp³-hybridized carbons (Fsp3) is 0.833. The predicted molar refractivity (Wildman–Crippen MR) is 62.5 cm³/mol. The van der Waals surface area contributed by atoms with Crippen molar-refractivity contribution in [3.63, 3.8) is 0 Å². The highest BCUT2D eigenvalue weighted by molar-refractivity contribution is 5.72. The molecular weight excluding hydrogens is 240 g/mol. The van der Waals surface area contributed by atoms with E-state index in [1.807, 2.05) is 27.7 Å². The number of carbonyl (C=O) groups is 2. The third kappa shape index (κ3) is 5.97. The van der Waals surface area contributed by atoms with E-state index in [1.54, 1.807) is 0 Å². The van der Waals surface area contributed by atoms with Gasteiger partial charge < -0.3 is 0 Å². The molecular formula is C12H22O6. The molecule has 0 rings (SSSR count). The van der Waals surface area contributed by atoms with Crippen molar-refractivity contribution in [3.05, 3.63) is 0 Å². The molecule has 0 atom stereocenters. The smallest absolute Gasteiger partial charge is 0.266 e. The normalized spacial score (nSPS) is 10.8.